The largest absolute Gasteiger partial charge is 0.383 e. The Morgan fingerprint density at radius 2 is 2.00 bits per heavy atom. The first-order chi connectivity index (χ1) is 9.63. The molecule has 1 aromatic carbocycles. The second kappa shape index (κ2) is 9.47. The van der Waals surface area contributed by atoms with E-state index in [9.17, 15) is 4.79 Å². The second-order valence-corrected chi connectivity index (χ2v) is 4.96. The van der Waals surface area contributed by atoms with Crippen LogP contribution in [0.1, 0.15) is 11.6 Å². The highest BCUT2D eigenvalue weighted by atomic mass is 16.5. The summed E-state index contributed by atoms with van der Waals surface area (Å²) in [6.45, 7) is 2.36. The monoisotopic (exact) mass is 279 g/mol. The number of nitrogens with zero attached hydrogens (tertiary/aromatic N) is 1. The van der Waals surface area contributed by atoms with Crippen LogP contribution in [0.4, 0.5) is 0 Å². The number of carbonyl (C=O) groups is 1. The molecule has 20 heavy (non-hydrogen) atoms. The average Bonchev–Trinajstić information content (AvgIpc) is 2.43. The Balaban J connectivity index is 2.50. The Bertz CT molecular complexity index is 382. The molecule has 1 aromatic rings. The number of methoxy groups -OCH3 is 1. The third-order valence-corrected chi connectivity index (χ3v) is 2.85. The van der Waals surface area contributed by atoms with Gasteiger partial charge in [0, 0.05) is 20.2 Å². The molecule has 5 nitrogen and oxygen atoms in total. The van der Waals surface area contributed by atoms with E-state index >= 15 is 0 Å². The summed E-state index contributed by atoms with van der Waals surface area (Å²) in [7, 11) is 5.64. The minimum atomic E-state index is -0.00296. The lowest BCUT2D eigenvalue weighted by Gasteiger charge is -2.23. The Morgan fingerprint density at radius 1 is 1.30 bits per heavy atom. The molecular formula is C15H25N3O2. The summed E-state index contributed by atoms with van der Waals surface area (Å²) in [5.74, 6) is -0.00296. The molecule has 1 atom stereocenters. The predicted octanol–water partition coefficient (Wildman–Crippen LogP) is 0.642. The molecule has 0 radical (unpaired) electrons. The van der Waals surface area contributed by atoms with Crippen LogP contribution in [0.3, 0.4) is 0 Å². The number of carbonyl (C=O) groups excluding carboxylic acids is 1. The van der Waals surface area contributed by atoms with Crippen molar-refractivity contribution >= 4 is 5.91 Å². The quantitative estimate of drug-likeness (QED) is 0.652. The molecule has 112 valence electrons. The van der Waals surface area contributed by atoms with Crippen LogP contribution in [0.5, 0.6) is 0 Å². The van der Waals surface area contributed by atoms with E-state index in [1.54, 1.807) is 7.11 Å². The maximum Gasteiger partial charge on any atom is 0.234 e. The highest BCUT2D eigenvalue weighted by molar-refractivity contribution is 5.78. The molecule has 0 saturated carbocycles. The first kappa shape index (κ1) is 16.6. The Labute approximate surface area is 121 Å². The van der Waals surface area contributed by atoms with Gasteiger partial charge in [0.05, 0.1) is 19.2 Å². The van der Waals surface area contributed by atoms with Crippen LogP contribution in [0, 0.1) is 0 Å². The van der Waals surface area contributed by atoms with Crippen molar-refractivity contribution in [2.24, 2.45) is 0 Å². The molecule has 2 N–H and O–H groups in total. The van der Waals surface area contributed by atoms with Gasteiger partial charge in [-0.15, -0.1) is 0 Å². The van der Waals surface area contributed by atoms with Crippen molar-refractivity contribution in [3.8, 4) is 0 Å². The van der Waals surface area contributed by atoms with E-state index in [4.69, 9.17) is 4.74 Å². The van der Waals surface area contributed by atoms with Crippen molar-refractivity contribution in [2.45, 2.75) is 6.04 Å². The summed E-state index contributed by atoms with van der Waals surface area (Å²) in [5.41, 5.74) is 1.12. The molecular weight excluding hydrogens is 254 g/mol. The fourth-order valence-electron chi connectivity index (χ4n) is 1.91. The van der Waals surface area contributed by atoms with Gasteiger partial charge in [0.15, 0.2) is 0 Å². The number of hydrogen-bond acceptors (Lipinski definition) is 4. The van der Waals surface area contributed by atoms with Crippen LogP contribution >= 0.6 is 0 Å². The highest BCUT2D eigenvalue weighted by Gasteiger charge is 2.14. The van der Waals surface area contributed by atoms with Gasteiger partial charge in [-0.05, 0) is 19.7 Å². The highest BCUT2D eigenvalue weighted by Crippen LogP contribution is 2.12. The summed E-state index contributed by atoms with van der Waals surface area (Å²) in [4.78, 5) is 14.0. The maximum absolute atomic E-state index is 11.9. The summed E-state index contributed by atoms with van der Waals surface area (Å²) in [5, 5.41) is 6.10. The molecule has 0 fully saturated rings. The minimum Gasteiger partial charge on any atom is -0.383 e. The number of nitrogens with one attached hydrogen (secondary N) is 2. The molecule has 1 rings (SSSR count). The van der Waals surface area contributed by atoms with Crippen LogP contribution in [0.2, 0.25) is 0 Å². The van der Waals surface area contributed by atoms with Crippen molar-refractivity contribution < 1.29 is 9.53 Å². The van der Waals surface area contributed by atoms with Crippen LogP contribution < -0.4 is 10.6 Å². The summed E-state index contributed by atoms with van der Waals surface area (Å²) in [6.07, 6.45) is 0. The van der Waals surface area contributed by atoms with Crippen molar-refractivity contribution in [3.05, 3.63) is 35.9 Å². The molecule has 0 saturated heterocycles. The first-order valence-electron chi connectivity index (χ1n) is 6.82. The number of ether oxygens (including phenoxy) is 1. The number of rotatable bonds is 9. The molecule has 0 aliphatic rings. The zero-order chi connectivity index (χ0) is 14.8. The molecule has 0 spiro atoms. The van der Waals surface area contributed by atoms with Gasteiger partial charge in [-0.2, -0.15) is 0 Å². The van der Waals surface area contributed by atoms with Gasteiger partial charge in [-0.25, -0.2) is 0 Å². The molecule has 5 heteroatoms. The molecule has 0 aromatic heterocycles. The van der Waals surface area contributed by atoms with Crippen molar-refractivity contribution in [1.29, 1.82) is 0 Å². The smallest absolute Gasteiger partial charge is 0.234 e. The predicted molar refractivity (Wildman–Crippen MR) is 80.6 cm³/mol. The molecule has 1 unspecified atom stereocenters. The normalized spacial score (nSPS) is 12.4. The Hall–Kier alpha value is -1.43. The van der Waals surface area contributed by atoms with Gasteiger partial charge >= 0.3 is 0 Å². The summed E-state index contributed by atoms with van der Waals surface area (Å²) >= 11 is 0. The van der Waals surface area contributed by atoms with E-state index in [2.05, 4.69) is 15.5 Å². The lowest BCUT2D eigenvalue weighted by Crippen LogP contribution is -2.40. The van der Waals surface area contributed by atoms with Crippen molar-refractivity contribution in [3.63, 3.8) is 0 Å². The molecule has 1 amide bonds. The lowest BCUT2D eigenvalue weighted by atomic mass is 10.1. The topological polar surface area (TPSA) is 53.6 Å². The SMILES string of the molecule is COCCNCC(=O)NC(CN(C)C)c1ccccc1. The number of likely N-dealkylation sites (N-methyl/N-ethyl adjacent to an activating group) is 1. The lowest BCUT2D eigenvalue weighted by molar-refractivity contribution is -0.121. The summed E-state index contributed by atoms with van der Waals surface area (Å²) in [6, 6.07) is 10.0. The molecule has 0 heterocycles. The van der Waals surface area contributed by atoms with Crippen molar-refractivity contribution in [1.82, 2.24) is 15.5 Å². The van der Waals surface area contributed by atoms with Crippen LogP contribution in [0.25, 0.3) is 0 Å². The second-order valence-electron chi connectivity index (χ2n) is 4.96. The van der Waals surface area contributed by atoms with E-state index in [0.29, 0.717) is 19.7 Å². The molecule has 0 aliphatic carbocycles. The van der Waals surface area contributed by atoms with E-state index in [0.717, 1.165) is 12.1 Å². The van der Waals surface area contributed by atoms with Gasteiger partial charge in [0.2, 0.25) is 5.91 Å². The third kappa shape index (κ3) is 6.65. The Morgan fingerprint density at radius 3 is 2.60 bits per heavy atom. The summed E-state index contributed by atoms with van der Waals surface area (Å²) < 4.78 is 4.93. The van der Waals surface area contributed by atoms with E-state index in [1.807, 2.05) is 44.4 Å². The van der Waals surface area contributed by atoms with Gasteiger partial charge in [-0.3, -0.25) is 4.79 Å². The maximum atomic E-state index is 11.9. The van der Waals surface area contributed by atoms with Gasteiger partial charge in [0.1, 0.15) is 0 Å². The fourth-order valence-corrected chi connectivity index (χ4v) is 1.91. The van der Waals surface area contributed by atoms with Crippen molar-refractivity contribution in [2.75, 3.05) is 47.4 Å². The standard InChI is InChI=1S/C15H25N3O2/c1-18(2)12-14(13-7-5-4-6-8-13)17-15(19)11-16-9-10-20-3/h4-8,14,16H,9-12H2,1-3H3,(H,17,19). The number of hydrogen-bond donors (Lipinski definition) is 2. The zero-order valence-electron chi connectivity index (χ0n) is 12.6. The Kier molecular flexibility index (Phi) is 7.87. The average molecular weight is 279 g/mol. The van der Waals surface area contributed by atoms with E-state index in [1.165, 1.54) is 0 Å². The van der Waals surface area contributed by atoms with Crippen LogP contribution in [-0.4, -0.2) is 58.3 Å². The minimum absolute atomic E-state index is 0.00271. The third-order valence-electron chi connectivity index (χ3n) is 2.85. The fraction of sp³-hybridized carbons (Fsp3) is 0.533. The van der Waals surface area contributed by atoms with Crippen LogP contribution in [0.15, 0.2) is 30.3 Å². The van der Waals surface area contributed by atoms with E-state index < -0.39 is 0 Å². The van der Waals surface area contributed by atoms with Gasteiger partial charge in [-0.1, -0.05) is 30.3 Å². The molecule has 0 aliphatic heterocycles. The van der Waals surface area contributed by atoms with Gasteiger partial charge in [0.25, 0.3) is 0 Å². The first-order valence-corrected chi connectivity index (χ1v) is 6.82. The number of benzene rings is 1. The molecule has 0 bridgehead atoms. The van der Waals surface area contributed by atoms with Crippen LogP contribution in [-0.2, 0) is 9.53 Å². The van der Waals surface area contributed by atoms with E-state index in [-0.39, 0.29) is 11.9 Å². The zero-order valence-corrected chi connectivity index (χ0v) is 12.6. The van der Waals surface area contributed by atoms with Gasteiger partial charge < -0.3 is 20.3 Å². The number of amides is 1.